The Kier molecular flexibility index (Phi) is 3.79. The smallest absolute Gasteiger partial charge is 0.256 e. The van der Waals surface area contributed by atoms with E-state index in [1.54, 1.807) is 0 Å². The molecule has 0 aliphatic rings. The zero-order chi connectivity index (χ0) is 12.1. The molecular formula is C11H11N3O2S. The Morgan fingerprint density at radius 3 is 2.76 bits per heavy atom. The van der Waals surface area contributed by atoms with Crippen molar-refractivity contribution in [1.29, 1.82) is 0 Å². The van der Waals surface area contributed by atoms with E-state index in [-0.39, 0.29) is 5.91 Å². The molecule has 0 radical (unpaired) electrons. The molecular weight excluding hydrogens is 238 g/mol. The van der Waals surface area contributed by atoms with Crippen molar-refractivity contribution in [2.75, 3.05) is 0 Å². The van der Waals surface area contributed by atoms with Gasteiger partial charge in [0.05, 0.1) is 6.20 Å². The van der Waals surface area contributed by atoms with E-state index in [2.05, 4.69) is 10.4 Å². The predicted octanol–water partition coefficient (Wildman–Crippen LogP) is 1.50. The SMILES string of the molecule is NNC(=O)C(Sc1ncco1)c1ccccc1. The number of hydrazine groups is 1. The minimum Gasteiger partial charge on any atom is -0.440 e. The van der Waals surface area contributed by atoms with E-state index in [1.165, 1.54) is 24.2 Å². The van der Waals surface area contributed by atoms with E-state index in [0.29, 0.717) is 5.22 Å². The maximum absolute atomic E-state index is 11.7. The zero-order valence-electron chi connectivity index (χ0n) is 8.87. The van der Waals surface area contributed by atoms with Gasteiger partial charge in [0.2, 0.25) is 0 Å². The van der Waals surface area contributed by atoms with Crippen molar-refractivity contribution in [2.45, 2.75) is 10.5 Å². The molecule has 1 aromatic carbocycles. The molecule has 1 unspecified atom stereocenters. The van der Waals surface area contributed by atoms with Crippen LogP contribution in [0.5, 0.6) is 0 Å². The van der Waals surface area contributed by atoms with Gasteiger partial charge in [0.25, 0.3) is 11.1 Å². The molecule has 0 fully saturated rings. The second-order valence-corrected chi connectivity index (χ2v) is 4.27. The third-order valence-electron chi connectivity index (χ3n) is 2.11. The molecule has 0 spiro atoms. The summed E-state index contributed by atoms with van der Waals surface area (Å²) >= 11 is 1.21. The van der Waals surface area contributed by atoms with Crippen molar-refractivity contribution in [3.8, 4) is 0 Å². The Hall–Kier alpha value is -1.79. The molecule has 0 saturated carbocycles. The van der Waals surface area contributed by atoms with Gasteiger partial charge in [-0.25, -0.2) is 10.8 Å². The van der Waals surface area contributed by atoms with Gasteiger partial charge >= 0.3 is 0 Å². The van der Waals surface area contributed by atoms with E-state index < -0.39 is 5.25 Å². The van der Waals surface area contributed by atoms with Gasteiger partial charge in [-0.1, -0.05) is 30.3 Å². The number of nitrogens with two attached hydrogens (primary N) is 1. The van der Waals surface area contributed by atoms with Gasteiger partial charge in [-0.2, -0.15) is 0 Å². The summed E-state index contributed by atoms with van der Waals surface area (Å²) in [6.45, 7) is 0. The van der Waals surface area contributed by atoms with Crippen LogP contribution in [0.3, 0.4) is 0 Å². The number of aromatic nitrogens is 1. The minimum atomic E-state index is -0.472. The lowest BCUT2D eigenvalue weighted by Gasteiger charge is -2.12. The lowest BCUT2D eigenvalue weighted by molar-refractivity contribution is -0.120. The van der Waals surface area contributed by atoms with Gasteiger partial charge in [0, 0.05) is 0 Å². The lowest BCUT2D eigenvalue weighted by Crippen LogP contribution is -2.33. The fourth-order valence-corrected chi connectivity index (χ4v) is 2.25. The molecule has 3 N–H and O–H groups in total. The summed E-state index contributed by atoms with van der Waals surface area (Å²) in [6, 6.07) is 9.33. The first-order valence-electron chi connectivity index (χ1n) is 4.93. The minimum absolute atomic E-state index is 0.292. The number of carbonyl (C=O) groups excluding carboxylic acids is 1. The Labute approximate surface area is 102 Å². The highest BCUT2D eigenvalue weighted by Crippen LogP contribution is 2.34. The van der Waals surface area contributed by atoms with Gasteiger partial charge in [-0.15, -0.1) is 0 Å². The second kappa shape index (κ2) is 5.51. The van der Waals surface area contributed by atoms with E-state index in [9.17, 15) is 4.79 Å². The molecule has 1 atom stereocenters. The highest BCUT2D eigenvalue weighted by molar-refractivity contribution is 8.00. The molecule has 2 rings (SSSR count). The van der Waals surface area contributed by atoms with Crippen molar-refractivity contribution in [2.24, 2.45) is 5.84 Å². The van der Waals surface area contributed by atoms with Crippen LogP contribution in [-0.2, 0) is 4.79 Å². The number of thioether (sulfide) groups is 1. The van der Waals surface area contributed by atoms with Crippen LogP contribution in [0.15, 0.2) is 52.4 Å². The largest absolute Gasteiger partial charge is 0.440 e. The van der Waals surface area contributed by atoms with Crippen LogP contribution in [0.2, 0.25) is 0 Å². The lowest BCUT2D eigenvalue weighted by atomic mass is 10.1. The average Bonchev–Trinajstić information content (AvgIpc) is 2.89. The Morgan fingerprint density at radius 2 is 2.18 bits per heavy atom. The van der Waals surface area contributed by atoms with Crippen molar-refractivity contribution in [3.05, 3.63) is 48.4 Å². The monoisotopic (exact) mass is 249 g/mol. The number of hydrogen-bond acceptors (Lipinski definition) is 5. The highest BCUT2D eigenvalue weighted by Gasteiger charge is 2.22. The van der Waals surface area contributed by atoms with Crippen molar-refractivity contribution in [3.63, 3.8) is 0 Å². The van der Waals surface area contributed by atoms with Crippen LogP contribution in [0.4, 0.5) is 0 Å². The van der Waals surface area contributed by atoms with E-state index in [4.69, 9.17) is 10.3 Å². The van der Waals surface area contributed by atoms with Crippen molar-refractivity contribution >= 4 is 17.7 Å². The number of nitrogens with zero attached hydrogens (tertiary/aromatic N) is 1. The number of rotatable bonds is 4. The summed E-state index contributed by atoms with van der Waals surface area (Å²) in [7, 11) is 0. The topological polar surface area (TPSA) is 81.1 Å². The van der Waals surface area contributed by atoms with Crippen LogP contribution in [0, 0.1) is 0 Å². The molecule has 88 valence electrons. The van der Waals surface area contributed by atoms with Gasteiger partial charge < -0.3 is 4.42 Å². The van der Waals surface area contributed by atoms with Crippen LogP contribution in [0.1, 0.15) is 10.8 Å². The molecule has 1 aromatic heterocycles. The Balaban J connectivity index is 2.23. The standard InChI is InChI=1S/C11H11N3O2S/c12-14-10(15)9(8-4-2-1-3-5-8)17-11-13-6-7-16-11/h1-7,9H,12H2,(H,14,15). The van der Waals surface area contributed by atoms with Gasteiger partial charge in [-0.3, -0.25) is 10.2 Å². The average molecular weight is 249 g/mol. The van der Waals surface area contributed by atoms with Gasteiger partial charge in [0.15, 0.2) is 0 Å². The van der Waals surface area contributed by atoms with Crippen LogP contribution in [-0.4, -0.2) is 10.9 Å². The molecule has 5 nitrogen and oxygen atoms in total. The number of hydrogen-bond donors (Lipinski definition) is 2. The number of benzene rings is 1. The number of carbonyl (C=O) groups is 1. The Morgan fingerprint density at radius 1 is 1.41 bits per heavy atom. The third kappa shape index (κ3) is 2.86. The zero-order valence-corrected chi connectivity index (χ0v) is 9.68. The number of oxazole rings is 1. The van der Waals surface area contributed by atoms with Crippen LogP contribution in [0.25, 0.3) is 0 Å². The highest BCUT2D eigenvalue weighted by atomic mass is 32.2. The first kappa shape index (κ1) is 11.7. The van der Waals surface area contributed by atoms with Crippen molar-refractivity contribution in [1.82, 2.24) is 10.4 Å². The summed E-state index contributed by atoms with van der Waals surface area (Å²) in [5.41, 5.74) is 2.99. The summed E-state index contributed by atoms with van der Waals surface area (Å²) in [5, 5.41) is -0.0395. The third-order valence-corrected chi connectivity index (χ3v) is 3.24. The molecule has 0 aliphatic carbocycles. The summed E-state index contributed by atoms with van der Waals surface area (Å²) < 4.78 is 5.11. The molecule has 1 amide bonds. The van der Waals surface area contributed by atoms with E-state index >= 15 is 0 Å². The maximum Gasteiger partial charge on any atom is 0.256 e. The first-order valence-corrected chi connectivity index (χ1v) is 5.81. The van der Waals surface area contributed by atoms with Crippen molar-refractivity contribution < 1.29 is 9.21 Å². The number of nitrogens with one attached hydrogen (secondary N) is 1. The molecule has 2 aromatic rings. The molecule has 17 heavy (non-hydrogen) atoms. The number of amides is 1. The fourth-order valence-electron chi connectivity index (χ4n) is 1.35. The quantitative estimate of drug-likeness (QED) is 0.371. The summed E-state index contributed by atoms with van der Waals surface area (Å²) in [6.07, 6.45) is 3.00. The van der Waals surface area contributed by atoms with Crippen LogP contribution >= 0.6 is 11.8 Å². The molecule has 0 bridgehead atoms. The Bertz CT molecular complexity index is 473. The van der Waals surface area contributed by atoms with Crippen LogP contribution < -0.4 is 11.3 Å². The molecule has 0 aliphatic heterocycles. The maximum atomic E-state index is 11.7. The second-order valence-electron chi connectivity index (χ2n) is 3.22. The summed E-state index contributed by atoms with van der Waals surface area (Å²) in [5.74, 6) is 4.88. The predicted molar refractivity (Wildman–Crippen MR) is 63.9 cm³/mol. The van der Waals surface area contributed by atoms with E-state index in [0.717, 1.165) is 5.56 Å². The van der Waals surface area contributed by atoms with E-state index in [1.807, 2.05) is 30.3 Å². The molecule has 6 heteroatoms. The first-order chi connectivity index (χ1) is 8.31. The normalized spacial score (nSPS) is 12.1. The van der Waals surface area contributed by atoms with Gasteiger partial charge in [-0.05, 0) is 17.3 Å². The molecule has 0 saturated heterocycles. The fraction of sp³-hybridized carbons (Fsp3) is 0.0909. The van der Waals surface area contributed by atoms with Gasteiger partial charge in [0.1, 0.15) is 11.5 Å². The summed E-state index contributed by atoms with van der Waals surface area (Å²) in [4.78, 5) is 15.7. The molecule has 1 heterocycles.